The van der Waals surface area contributed by atoms with Crippen LogP contribution in [0.3, 0.4) is 0 Å². The lowest BCUT2D eigenvalue weighted by molar-refractivity contribution is 0.314. The van der Waals surface area contributed by atoms with Gasteiger partial charge in [0.05, 0.1) is 16.1 Å². The second-order valence-corrected chi connectivity index (χ2v) is 7.10. The van der Waals surface area contributed by atoms with Gasteiger partial charge in [-0.05, 0) is 30.9 Å². The molecular weight excluding hydrogens is 344 g/mol. The molecule has 1 aromatic carbocycles. The molecule has 0 aliphatic heterocycles. The minimum Gasteiger partial charge on any atom is -0.409 e. The molecule has 21 heavy (non-hydrogen) atoms. The van der Waals surface area contributed by atoms with E-state index in [1.807, 2.05) is 0 Å². The van der Waals surface area contributed by atoms with Crippen molar-refractivity contribution in [3.8, 4) is 0 Å². The highest BCUT2D eigenvalue weighted by Crippen LogP contribution is 2.34. The summed E-state index contributed by atoms with van der Waals surface area (Å²) in [4.78, 5) is -0.456. The Kier molecular flexibility index (Phi) is 4.62. The van der Waals surface area contributed by atoms with Crippen LogP contribution in [0.25, 0.3) is 0 Å². The largest absolute Gasteiger partial charge is 0.409 e. The Morgan fingerprint density at radius 2 is 2.10 bits per heavy atom. The Bertz CT molecular complexity index is 692. The van der Waals surface area contributed by atoms with Crippen LogP contribution in [0.1, 0.15) is 12.8 Å². The molecule has 1 saturated carbocycles. The van der Waals surface area contributed by atoms with Crippen LogP contribution in [-0.4, -0.2) is 25.5 Å². The lowest BCUT2D eigenvalue weighted by Gasteiger charge is -2.17. The number of halogens is 3. The first-order valence-electron chi connectivity index (χ1n) is 5.91. The van der Waals surface area contributed by atoms with Crippen molar-refractivity contribution in [1.29, 1.82) is 0 Å². The van der Waals surface area contributed by atoms with Crippen molar-refractivity contribution in [3.05, 3.63) is 28.0 Å². The number of benzene rings is 1. The lowest BCUT2D eigenvalue weighted by Crippen LogP contribution is -2.46. The fraction of sp³-hybridized carbons (Fsp3) is 0.364. The highest BCUT2D eigenvalue weighted by Gasteiger charge is 2.38. The van der Waals surface area contributed by atoms with Gasteiger partial charge in [-0.15, -0.1) is 0 Å². The molecule has 2 rings (SSSR count). The van der Waals surface area contributed by atoms with E-state index < -0.39 is 31.8 Å². The van der Waals surface area contributed by atoms with Gasteiger partial charge < -0.3 is 10.9 Å². The number of hydrogen-bond donors (Lipinski definition) is 3. The predicted molar refractivity (Wildman–Crippen MR) is 76.7 cm³/mol. The Balaban J connectivity index is 2.36. The van der Waals surface area contributed by atoms with E-state index in [9.17, 15) is 12.8 Å². The Morgan fingerprint density at radius 3 is 2.62 bits per heavy atom. The molecule has 1 atom stereocenters. The number of sulfonamides is 1. The maximum Gasteiger partial charge on any atom is 0.242 e. The summed E-state index contributed by atoms with van der Waals surface area (Å²) >= 11 is 11.2. The van der Waals surface area contributed by atoms with Crippen LogP contribution in [0.2, 0.25) is 10.0 Å². The number of hydrogen-bond acceptors (Lipinski definition) is 4. The van der Waals surface area contributed by atoms with Gasteiger partial charge >= 0.3 is 0 Å². The molecule has 0 amide bonds. The van der Waals surface area contributed by atoms with Gasteiger partial charge in [0.25, 0.3) is 0 Å². The SMILES string of the molecule is N/C(=N/O)C(NS(=O)(=O)c1ccc(Cl)c(F)c1Cl)C1CC1. The fourth-order valence-electron chi connectivity index (χ4n) is 1.84. The van der Waals surface area contributed by atoms with E-state index in [4.69, 9.17) is 34.1 Å². The molecule has 0 heterocycles. The van der Waals surface area contributed by atoms with Gasteiger partial charge in [-0.25, -0.2) is 17.5 Å². The maximum atomic E-state index is 13.6. The monoisotopic (exact) mass is 355 g/mol. The third-order valence-electron chi connectivity index (χ3n) is 3.10. The highest BCUT2D eigenvalue weighted by atomic mass is 35.5. The molecular formula is C11H12Cl2FN3O3S. The van der Waals surface area contributed by atoms with Gasteiger partial charge in [0.15, 0.2) is 11.7 Å². The average molecular weight is 356 g/mol. The zero-order valence-corrected chi connectivity index (χ0v) is 12.9. The molecule has 10 heteroatoms. The number of nitrogens with two attached hydrogens (primary N) is 1. The van der Waals surface area contributed by atoms with Crippen LogP contribution >= 0.6 is 23.2 Å². The topological polar surface area (TPSA) is 105 Å². The summed E-state index contributed by atoms with van der Waals surface area (Å²) in [5, 5.41) is 10.6. The van der Waals surface area contributed by atoms with Crippen LogP contribution in [0, 0.1) is 11.7 Å². The smallest absolute Gasteiger partial charge is 0.242 e. The van der Waals surface area contributed by atoms with Crippen LogP contribution in [0.4, 0.5) is 4.39 Å². The number of amidine groups is 1. The number of rotatable bonds is 5. The summed E-state index contributed by atoms with van der Waals surface area (Å²) in [7, 11) is -4.14. The van der Waals surface area contributed by atoms with E-state index in [0.717, 1.165) is 25.0 Å². The maximum absolute atomic E-state index is 13.6. The summed E-state index contributed by atoms with van der Waals surface area (Å²) in [6.07, 6.45) is 1.48. The van der Waals surface area contributed by atoms with Gasteiger partial charge in [-0.2, -0.15) is 0 Å². The normalized spacial score (nSPS) is 17.8. The molecule has 116 valence electrons. The molecule has 0 radical (unpaired) electrons. The van der Waals surface area contributed by atoms with Crippen molar-refractivity contribution in [2.45, 2.75) is 23.8 Å². The van der Waals surface area contributed by atoms with E-state index >= 15 is 0 Å². The van der Waals surface area contributed by atoms with Crippen molar-refractivity contribution in [2.24, 2.45) is 16.8 Å². The summed E-state index contributed by atoms with van der Waals surface area (Å²) < 4.78 is 40.4. The molecule has 1 fully saturated rings. The molecule has 1 unspecified atom stereocenters. The highest BCUT2D eigenvalue weighted by molar-refractivity contribution is 7.89. The van der Waals surface area contributed by atoms with Crippen LogP contribution in [-0.2, 0) is 10.0 Å². The molecule has 0 spiro atoms. The molecule has 0 aromatic heterocycles. The second kappa shape index (κ2) is 5.96. The zero-order chi connectivity index (χ0) is 15.8. The van der Waals surface area contributed by atoms with E-state index in [2.05, 4.69) is 9.88 Å². The van der Waals surface area contributed by atoms with E-state index in [-0.39, 0.29) is 16.8 Å². The first-order valence-corrected chi connectivity index (χ1v) is 8.15. The molecule has 1 aliphatic carbocycles. The van der Waals surface area contributed by atoms with Crippen LogP contribution in [0.5, 0.6) is 0 Å². The number of oxime groups is 1. The minimum atomic E-state index is -4.14. The first-order chi connectivity index (χ1) is 9.77. The summed E-state index contributed by atoms with van der Waals surface area (Å²) in [5.74, 6) is -1.34. The zero-order valence-electron chi connectivity index (χ0n) is 10.6. The molecule has 6 nitrogen and oxygen atoms in total. The minimum absolute atomic E-state index is 0.0633. The standard InChI is InChI=1S/C11H12Cl2FN3O3S/c12-6-3-4-7(8(13)9(6)14)21(19,20)17-10(5-1-2-5)11(15)16-18/h3-5,10,17-18H,1-2H2,(H2,15,16). The van der Waals surface area contributed by atoms with E-state index in [1.54, 1.807) is 0 Å². The van der Waals surface area contributed by atoms with Gasteiger partial charge in [0, 0.05) is 0 Å². The van der Waals surface area contributed by atoms with Gasteiger partial charge in [0.1, 0.15) is 4.90 Å². The van der Waals surface area contributed by atoms with Crippen molar-refractivity contribution in [2.75, 3.05) is 0 Å². The quantitative estimate of drug-likeness (QED) is 0.247. The molecule has 1 aliphatic rings. The summed E-state index contributed by atoms with van der Waals surface area (Å²) in [5.41, 5.74) is 5.48. The number of nitrogens with one attached hydrogen (secondary N) is 1. The average Bonchev–Trinajstić information content (AvgIpc) is 3.25. The summed E-state index contributed by atoms with van der Waals surface area (Å²) in [6, 6.07) is 1.31. The third-order valence-corrected chi connectivity index (χ3v) is 5.36. The fourth-order valence-corrected chi connectivity index (χ4v) is 3.86. The Hall–Kier alpha value is -1.09. The second-order valence-electron chi connectivity index (χ2n) is 4.63. The van der Waals surface area contributed by atoms with Crippen LogP contribution in [0.15, 0.2) is 22.2 Å². The molecule has 1 aromatic rings. The van der Waals surface area contributed by atoms with E-state index in [1.165, 1.54) is 0 Å². The van der Waals surface area contributed by atoms with Crippen LogP contribution < -0.4 is 10.5 Å². The molecule has 0 saturated heterocycles. The Morgan fingerprint density at radius 1 is 1.48 bits per heavy atom. The van der Waals surface area contributed by atoms with Gasteiger partial charge in [-0.3, -0.25) is 0 Å². The van der Waals surface area contributed by atoms with Crippen molar-refractivity contribution >= 4 is 39.1 Å². The van der Waals surface area contributed by atoms with Crippen molar-refractivity contribution in [1.82, 2.24) is 4.72 Å². The molecule has 4 N–H and O–H groups in total. The first kappa shape index (κ1) is 16.3. The third kappa shape index (κ3) is 3.39. The predicted octanol–water partition coefficient (Wildman–Crippen LogP) is 1.94. The number of nitrogens with zero attached hydrogens (tertiary/aromatic N) is 1. The van der Waals surface area contributed by atoms with Gasteiger partial charge in [-0.1, -0.05) is 28.4 Å². The van der Waals surface area contributed by atoms with Crippen molar-refractivity contribution in [3.63, 3.8) is 0 Å². The van der Waals surface area contributed by atoms with Crippen molar-refractivity contribution < 1.29 is 18.0 Å². The van der Waals surface area contributed by atoms with Gasteiger partial charge in [0.2, 0.25) is 10.0 Å². The summed E-state index contributed by atoms with van der Waals surface area (Å²) in [6.45, 7) is 0. The molecule has 0 bridgehead atoms. The van der Waals surface area contributed by atoms with E-state index in [0.29, 0.717) is 0 Å². The lowest BCUT2D eigenvalue weighted by atomic mass is 10.2. The Labute approximate surface area is 130 Å².